The van der Waals surface area contributed by atoms with Crippen molar-refractivity contribution in [1.29, 1.82) is 0 Å². The predicted molar refractivity (Wildman–Crippen MR) is 109 cm³/mol. The van der Waals surface area contributed by atoms with Gasteiger partial charge in [0.15, 0.2) is 0 Å². The maximum atomic E-state index is 12.5. The molecule has 0 spiro atoms. The molecule has 138 valence electrons. The van der Waals surface area contributed by atoms with Crippen LogP contribution >= 0.6 is 0 Å². The van der Waals surface area contributed by atoms with Crippen LogP contribution in [0, 0.1) is 6.92 Å². The van der Waals surface area contributed by atoms with Crippen LogP contribution in [0.2, 0.25) is 0 Å². The van der Waals surface area contributed by atoms with E-state index in [4.69, 9.17) is 4.74 Å². The summed E-state index contributed by atoms with van der Waals surface area (Å²) < 4.78 is 5.29. The summed E-state index contributed by atoms with van der Waals surface area (Å²) in [6.07, 6.45) is 2.60. The van der Waals surface area contributed by atoms with E-state index < -0.39 is 0 Å². The molecule has 2 N–H and O–H groups in total. The molecule has 1 heterocycles. The lowest BCUT2D eigenvalue weighted by atomic mass is 10.1. The quantitative estimate of drug-likeness (QED) is 0.658. The van der Waals surface area contributed by atoms with E-state index in [9.17, 15) is 4.79 Å². The molecule has 1 amide bonds. The number of methoxy groups -OCH3 is 1. The molecule has 3 rings (SSSR count). The van der Waals surface area contributed by atoms with Gasteiger partial charge in [0.25, 0.3) is 5.91 Å². The number of carbonyl (C=O) groups excluding carboxylic acids is 1. The number of anilines is 2. The first-order chi connectivity index (χ1) is 13.2. The van der Waals surface area contributed by atoms with E-state index in [1.54, 1.807) is 19.4 Å². The number of nitrogens with one attached hydrogen (secondary N) is 2. The van der Waals surface area contributed by atoms with Crippen molar-refractivity contribution in [2.75, 3.05) is 24.3 Å². The zero-order valence-corrected chi connectivity index (χ0v) is 15.5. The lowest BCUT2D eigenvalue weighted by molar-refractivity contribution is 0.102. The van der Waals surface area contributed by atoms with Gasteiger partial charge in [0.05, 0.1) is 24.7 Å². The molecule has 0 radical (unpaired) electrons. The Bertz CT molecular complexity index is 893. The lowest BCUT2D eigenvalue weighted by Gasteiger charge is -2.11. The van der Waals surface area contributed by atoms with E-state index in [-0.39, 0.29) is 5.91 Å². The zero-order valence-electron chi connectivity index (χ0n) is 15.5. The molecule has 3 aromatic rings. The molecule has 0 atom stereocenters. The lowest BCUT2D eigenvalue weighted by Crippen LogP contribution is -2.14. The third-order valence-electron chi connectivity index (χ3n) is 4.18. The Morgan fingerprint density at radius 1 is 1.07 bits per heavy atom. The summed E-state index contributed by atoms with van der Waals surface area (Å²) in [5, 5.41) is 6.18. The van der Waals surface area contributed by atoms with Crippen LogP contribution in [0.25, 0.3) is 0 Å². The van der Waals surface area contributed by atoms with Gasteiger partial charge in [0.2, 0.25) is 0 Å². The fourth-order valence-corrected chi connectivity index (χ4v) is 2.73. The second kappa shape index (κ2) is 8.85. The van der Waals surface area contributed by atoms with Crippen molar-refractivity contribution in [3.8, 4) is 5.75 Å². The Morgan fingerprint density at radius 3 is 2.59 bits per heavy atom. The summed E-state index contributed by atoms with van der Waals surface area (Å²) in [5.74, 6) is 0.350. The molecule has 5 heteroatoms. The first-order valence-corrected chi connectivity index (χ1v) is 8.85. The average molecular weight is 361 g/mol. The van der Waals surface area contributed by atoms with E-state index in [2.05, 4.69) is 27.8 Å². The van der Waals surface area contributed by atoms with Gasteiger partial charge < -0.3 is 15.4 Å². The van der Waals surface area contributed by atoms with Crippen LogP contribution in [0.3, 0.4) is 0 Å². The number of ether oxygens (including phenoxy) is 1. The van der Waals surface area contributed by atoms with Crippen molar-refractivity contribution in [3.05, 3.63) is 83.7 Å². The number of rotatable bonds is 7. The molecule has 0 unspecified atom stereocenters. The van der Waals surface area contributed by atoms with Gasteiger partial charge >= 0.3 is 0 Å². The maximum absolute atomic E-state index is 12.5. The highest BCUT2D eigenvalue weighted by Gasteiger charge is 2.11. The van der Waals surface area contributed by atoms with Crippen LogP contribution in [-0.2, 0) is 6.42 Å². The summed E-state index contributed by atoms with van der Waals surface area (Å²) in [6, 6.07) is 19.5. The van der Waals surface area contributed by atoms with Crippen LogP contribution in [0.5, 0.6) is 5.75 Å². The third-order valence-corrected chi connectivity index (χ3v) is 4.18. The number of benzene rings is 2. The predicted octanol–water partition coefficient (Wildman–Crippen LogP) is 4.31. The highest BCUT2D eigenvalue weighted by molar-refractivity contribution is 6.03. The average Bonchev–Trinajstić information content (AvgIpc) is 2.69. The van der Waals surface area contributed by atoms with Crippen molar-refractivity contribution in [1.82, 2.24) is 4.98 Å². The normalized spacial score (nSPS) is 10.3. The number of hydrogen-bond acceptors (Lipinski definition) is 4. The summed E-state index contributed by atoms with van der Waals surface area (Å²) in [5.41, 5.74) is 4.19. The molecule has 0 saturated carbocycles. The van der Waals surface area contributed by atoms with Crippen LogP contribution < -0.4 is 15.4 Å². The van der Waals surface area contributed by atoms with Crippen molar-refractivity contribution in [2.24, 2.45) is 0 Å². The monoisotopic (exact) mass is 361 g/mol. The van der Waals surface area contributed by atoms with E-state index >= 15 is 0 Å². The fourth-order valence-electron chi connectivity index (χ4n) is 2.73. The van der Waals surface area contributed by atoms with Gasteiger partial charge in [-0.2, -0.15) is 0 Å². The molecular formula is C22H23N3O2. The van der Waals surface area contributed by atoms with Crippen LogP contribution in [-0.4, -0.2) is 24.5 Å². The molecule has 1 aromatic heterocycles. The van der Waals surface area contributed by atoms with Gasteiger partial charge in [-0.3, -0.25) is 4.79 Å². The summed E-state index contributed by atoms with van der Waals surface area (Å²) in [6.45, 7) is 2.76. The number of pyridine rings is 1. The maximum Gasteiger partial charge on any atom is 0.274 e. The standard InChI is InChI=1S/C22H23N3O2/c1-16-8-11-21(27-2)20(14-16)25-22(26)19-10-9-18(15-24-19)23-13-12-17-6-4-3-5-7-17/h3-11,14-15,23H,12-13H2,1-2H3,(H,25,26). The molecule has 0 bridgehead atoms. The first-order valence-electron chi connectivity index (χ1n) is 8.85. The Morgan fingerprint density at radius 2 is 1.89 bits per heavy atom. The Labute approximate surface area is 159 Å². The highest BCUT2D eigenvalue weighted by Crippen LogP contribution is 2.25. The van der Waals surface area contributed by atoms with Crippen LogP contribution in [0.4, 0.5) is 11.4 Å². The smallest absolute Gasteiger partial charge is 0.274 e. The van der Waals surface area contributed by atoms with E-state index in [0.717, 1.165) is 24.2 Å². The summed E-state index contributed by atoms with van der Waals surface area (Å²) >= 11 is 0. The van der Waals surface area contributed by atoms with E-state index in [1.807, 2.05) is 49.4 Å². The van der Waals surface area contributed by atoms with Gasteiger partial charge in [0, 0.05) is 6.54 Å². The van der Waals surface area contributed by atoms with Crippen molar-refractivity contribution >= 4 is 17.3 Å². The zero-order chi connectivity index (χ0) is 19.1. The molecular weight excluding hydrogens is 338 g/mol. The second-order valence-corrected chi connectivity index (χ2v) is 6.25. The number of amides is 1. The van der Waals surface area contributed by atoms with E-state index in [1.165, 1.54) is 5.56 Å². The summed E-state index contributed by atoms with van der Waals surface area (Å²) in [7, 11) is 1.58. The Hall–Kier alpha value is -3.34. The Kier molecular flexibility index (Phi) is 6.05. The highest BCUT2D eigenvalue weighted by atomic mass is 16.5. The number of hydrogen-bond donors (Lipinski definition) is 2. The topological polar surface area (TPSA) is 63.2 Å². The van der Waals surface area contributed by atoms with Gasteiger partial charge in [-0.15, -0.1) is 0 Å². The molecule has 0 aliphatic rings. The van der Waals surface area contributed by atoms with Crippen molar-refractivity contribution in [2.45, 2.75) is 13.3 Å². The Balaban J connectivity index is 1.58. The van der Waals surface area contributed by atoms with Gasteiger partial charge in [0.1, 0.15) is 11.4 Å². The summed E-state index contributed by atoms with van der Waals surface area (Å²) in [4.78, 5) is 16.7. The molecule has 0 aliphatic heterocycles. The van der Waals surface area contributed by atoms with Crippen molar-refractivity contribution < 1.29 is 9.53 Å². The molecule has 0 saturated heterocycles. The molecule has 0 aliphatic carbocycles. The molecule has 5 nitrogen and oxygen atoms in total. The van der Waals surface area contributed by atoms with Gasteiger partial charge in [-0.1, -0.05) is 36.4 Å². The molecule has 27 heavy (non-hydrogen) atoms. The minimum Gasteiger partial charge on any atom is -0.495 e. The number of nitrogens with zero attached hydrogens (tertiary/aromatic N) is 1. The van der Waals surface area contributed by atoms with E-state index in [0.29, 0.717) is 17.1 Å². The van der Waals surface area contributed by atoms with Crippen LogP contribution in [0.15, 0.2) is 66.9 Å². The number of aryl methyl sites for hydroxylation is 1. The van der Waals surface area contributed by atoms with Crippen molar-refractivity contribution in [3.63, 3.8) is 0 Å². The van der Waals surface area contributed by atoms with Gasteiger partial charge in [-0.05, 0) is 48.7 Å². The second-order valence-electron chi connectivity index (χ2n) is 6.25. The minimum atomic E-state index is -0.269. The van der Waals surface area contributed by atoms with Gasteiger partial charge in [-0.25, -0.2) is 4.98 Å². The number of aromatic nitrogens is 1. The SMILES string of the molecule is COc1ccc(C)cc1NC(=O)c1ccc(NCCc2ccccc2)cn1. The molecule has 0 fully saturated rings. The third kappa shape index (κ3) is 5.07. The largest absolute Gasteiger partial charge is 0.495 e. The number of carbonyl (C=O) groups is 1. The fraction of sp³-hybridized carbons (Fsp3) is 0.182. The molecule has 2 aromatic carbocycles. The van der Waals surface area contributed by atoms with Crippen LogP contribution in [0.1, 0.15) is 21.6 Å². The first kappa shape index (κ1) is 18.5. The minimum absolute atomic E-state index is 0.269.